The third kappa shape index (κ3) is 3.24. The van der Waals surface area contributed by atoms with Crippen molar-refractivity contribution >= 4 is 12.1 Å². The zero-order valence-electron chi connectivity index (χ0n) is 7.34. The number of rotatable bonds is 3. The molecule has 1 rings (SSSR count). The fourth-order valence-electron chi connectivity index (χ4n) is 0.775. The number of phenols is 1. The van der Waals surface area contributed by atoms with Crippen LogP contribution in [-0.2, 0) is 4.79 Å². The van der Waals surface area contributed by atoms with Gasteiger partial charge in [-0.15, -0.1) is 0 Å². The number of nitrogens with one attached hydrogen (secondary N) is 1. The molecule has 3 N–H and O–H groups in total. The fraction of sp³-hybridized carbons (Fsp3) is 0.111. The first-order valence-corrected chi connectivity index (χ1v) is 3.94. The Kier molecular flexibility index (Phi) is 3.63. The van der Waals surface area contributed by atoms with Crippen molar-refractivity contribution in [3.8, 4) is 5.75 Å². The fourth-order valence-corrected chi connectivity index (χ4v) is 0.775. The van der Waals surface area contributed by atoms with Gasteiger partial charge < -0.3 is 10.2 Å². The van der Waals surface area contributed by atoms with Crippen LogP contribution in [0.4, 0.5) is 0 Å². The SMILES string of the molecule is O=C(CO)N/N=C/c1ccc(O)cc1. The van der Waals surface area contributed by atoms with E-state index in [0.29, 0.717) is 0 Å². The summed E-state index contributed by atoms with van der Waals surface area (Å²) in [5.41, 5.74) is 2.85. The van der Waals surface area contributed by atoms with Crippen molar-refractivity contribution < 1.29 is 15.0 Å². The van der Waals surface area contributed by atoms with Gasteiger partial charge in [0, 0.05) is 0 Å². The van der Waals surface area contributed by atoms with E-state index in [1.54, 1.807) is 12.1 Å². The van der Waals surface area contributed by atoms with E-state index in [-0.39, 0.29) is 5.75 Å². The second kappa shape index (κ2) is 4.98. The number of carbonyl (C=O) groups is 1. The van der Waals surface area contributed by atoms with Gasteiger partial charge in [0.25, 0.3) is 5.91 Å². The largest absolute Gasteiger partial charge is 0.508 e. The third-order valence-corrected chi connectivity index (χ3v) is 1.44. The Balaban J connectivity index is 2.52. The highest BCUT2D eigenvalue weighted by atomic mass is 16.3. The summed E-state index contributed by atoms with van der Waals surface area (Å²) in [7, 11) is 0. The highest BCUT2D eigenvalue weighted by molar-refractivity contribution is 5.82. The average Bonchev–Trinajstić information content (AvgIpc) is 2.21. The Hall–Kier alpha value is -1.88. The minimum Gasteiger partial charge on any atom is -0.508 e. The summed E-state index contributed by atoms with van der Waals surface area (Å²) in [6, 6.07) is 6.30. The van der Waals surface area contributed by atoms with Crippen LogP contribution < -0.4 is 5.43 Å². The van der Waals surface area contributed by atoms with Crippen molar-refractivity contribution in [3.63, 3.8) is 0 Å². The van der Waals surface area contributed by atoms with Crippen LogP contribution in [0.15, 0.2) is 29.4 Å². The molecule has 1 aromatic rings. The number of hydrogen-bond donors (Lipinski definition) is 3. The summed E-state index contributed by atoms with van der Waals surface area (Å²) >= 11 is 0. The van der Waals surface area contributed by atoms with E-state index in [2.05, 4.69) is 10.5 Å². The zero-order valence-corrected chi connectivity index (χ0v) is 7.34. The van der Waals surface area contributed by atoms with Gasteiger partial charge in [-0.2, -0.15) is 5.10 Å². The first-order valence-electron chi connectivity index (χ1n) is 3.94. The van der Waals surface area contributed by atoms with Gasteiger partial charge in [-0.05, 0) is 29.8 Å². The van der Waals surface area contributed by atoms with E-state index < -0.39 is 12.5 Å². The third-order valence-electron chi connectivity index (χ3n) is 1.44. The lowest BCUT2D eigenvalue weighted by atomic mass is 10.2. The van der Waals surface area contributed by atoms with E-state index in [9.17, 15) is 4.79 Å². The lowest BCUT2D eigenvalue weighted by molar-refractivity contribution is -0.123. The molecule has 0 radical (unpaired) electrons. The monoisotopic (exact) mass is 194 g/mol. The molecule has 0 bridgehead atoms. The van der Waals surface area contributed by atoms with Crippen LogP contribution in [-0.4, -0.2) is 28.9 Å². The van der Waals surface area contributed by atoms with Crippen molar-refractivity contribution in [3.05, 3.63) is 29.8 Å². The highest BCUT2D eigenvalue weighted by Crippen LogP contribution is 2.07. The van der Waals surface area contributed by atoms with Crippen LogP contribution in [0.3, 0.4) is 0 Å². The number of phenolic OH excluding ortho intramolecular Hbond substituents is 1. The molecule has 5 nitrogen and oxygen atoms in total. The Morgan fingerprint density at radius 3 is 2.64 bits per heavy atom. The number of carbonyl (C=O) groups excluding carboxylic acids is 1. The Labute approximate surface area is 80.7 Å². The number of nitrogens with zero attached hydrogens (tertiary/aromatic N) is 1. The maximum Gasteiger partial charge on any atom is 0.265 e. The molecule has 1 amide bonds. The average molecular weight is 194 g/mol. The quantitative estimate of drug-likeness (QED) is 0.461. The van der Waals surface area contributed by atoms with Gasteiger partial charge in [0.15, 0.2) is 0 Å². The van der Waals surface area contributed by atoms with Crippen molar-refractivity contribution in [1.82, 2.24) is 5.43 Å². The number of aliphatic hydroxyl groups excluding tert-OH is 1. The molecular formula is C9H10N2O3. The summed E-state index contributed by atoms with van der Waals surface area (Å²) in [6.07, 6.45) is 1.41. The van der Waals surface area contributed by atoms with Crippen molar-refractivity contribution in [1.29, 1.82) is 0 Å². The topological polar surface area (TPSA) is 81.9 Å². The van der Waals surface area contributed by atoms with E-state index in [1.807, 2.05) is 0 Å². The molecule has 1 aromatic carbocycles. The predicted octanol–water partition coefficient (Wildman–Crippen LogP) is -0.165. The van der Waals surface area contributed by atoms with E-state index in [0.717, 1.165) is 5.56 Å². The van der Waals surface area contributed by atoms with Crippen LogP contribution in [0.25, 0.3) is 0 Å². The molecule has 74 valence electrons. The van der Waals surface area contributed by atoms with Gasteiger partial charge >= 0.3 is 0 Å². The van der Waals surface area contributed by atoms with Gasteiger partial charge in [0.1, 0.15) is 12.4 Å². The lowest BCUT2D eigenvalue weighted by Gasteiger charge is -1.95. The van der Waals surface area contributed by atoms with E-state index in [1.165, 1.54) is 18.3 Å². The first-order chi connectivity index (χ1) is 6.72. The smallest absolute Gasteiger partial charge is 0.265 e. The van der Waals surface area contributed by atoms with Crippen LogP contribution in [0.2, 0.25) is 0 Å². The molecule has 0 spiro atoms. The lowest BCUT2D eigenvalue weighted by Crippen LogP contribution is -2.20. The second-order valence-electron chi connectivity index (χ2n) is 2.54. The number of aliphatic hydroxyl groups is 1. The summed E-state index contributed by atoms with van der Waals surface area (Å²) in [5.74, 6) is -0.401. The minimum absolute atomic E-state index is 0.168. The maximum absolute atomic E-state index is 10.5. The minimum atomic E-state index is -0.590. The molecular weight excluding hydrogens is 184 g/mol. The van der Waals surface area contributed by atoms with Gasteiger partial charge in [0.2, 0.25) is 0 Å². The van der Waals surface area contributed by atoms with Gasteiger partial charge in [0.05, 0.1) is 6.21 Å². The maximum atomic E-state index is 10.5. The zero-order chi connectivity index (χ0) is 10.4. The van der Waals surface area contributed by atoms with Gasteiger partial charge in [-0.25, -0.2) is 5.43 Å². The Morgan fingerprint density at radius 2 is 2.07 bits per heavy atom. The molecule has 0 aromatic heterocycles. The van der Waals surface area contributed by atoms with E-state index >= 15 is 0 Å². The molecule has 14 heavy (non-hydrogen) atoms. The second-order valence-corrected chi connectivity index (χ2v) is 2.54. The number of hydrazone groups is 1. The molecule has 0 aliphatic heterocycles. The Morgan fingerprint density at radius 1 is 1.43 bits per heavy atom. The Bertz CT molecular complexity index is 332. The molecule has 0 fully saturated rings. The van der Waals surface area contributed by atoms with Crippen molar-refractivity contribution in [2.75, 3.05) is 6.61 Å². The molecule has 0 heterocycles. The standard InChI is InChI=1S/C9H10N2O3/c12-6-9(14)11-10-5-7-1-3-8(13)4-2-7/h1-5,12-13H,6H2,(H,11,14)/b10-5+. The van der Waals surface area contributed by atoms with Crippen LogP contribution >= 0.6 is 0 Å². The molecule has 0 saturated heterocycles. The number of amides is 1. The number of hydrogen-bond acceptors (Lipinski definition) is 4. The summed E-state index contributed by atoms with van der Waals surface area (Å²) in [6.45, 7) is -0.590. The van der Waals surface area contributed by atoms with Crippen LogP contribution in [0, 0.1) is 0 Å². The number of aromatic hydroxyl groups is 1. The van der Waals surface area contributed by atoms with Crippen LogP contribution in [0.5, 0.6) is 5.75 Å². The molecule has 0 saturated carbocycles. The van der Waals surface area contributed by atoms with Crippen molar-refractivity contribution in [2.24, 2.45) is 5.10 Å². The molecule has 0 unspecified atom stereocenters. The van der Waals surface area contributed by atoms with Crippen molar-refractivity contribution in [2.45, 2.75) is 0 Å². The van der Waals surface area contributed by atoms with E-state index in [4.69, 9.17) is 10.2 Å². The molecule has 0 aliphatic carbocycles. The van der Waals surface area contributed by atoms with Crippen LogP contribution in [0.1, 0.15) is 5.56 Å². The van der Waals surface area contributed by atoms with Gasteiger partial charge in [-0.3, -0.25) is 4.79 Å². The predicted molar refractivity (Wildman–Crippen MR) is 50.9 cm³/mol. The van der Waals surface area contributed by atoms with Gasteiger partial charge in [-0.1, -0.05) is 0 Å². The highest BCUT2D eigenvalue weighted by Gasteiger charge is 1.93. The molecule has 0 aliphatic rings. The normalized spacial score (nSPS) is 10.4. The first kappa shape index (κ1) is 10.2. The summed E-state index contributed by atoms with van der Waals surface area (Å²) < 4.78 is 0. The number of benzene rings is 1. The summed E-state index contributed by atoms with van der Waals surface area (Å²) in [4.78, 5) is 10.5. The molecule has 5 heteroatoms. The summed E-state index contributed by atoms with van der Waals surface area (Å²) in [5, 5.41) is 20.9. The molecule has 0 atom stereocenters.